The van der Waals surface area contributed by atoms with Crippen molar-refractivity contribution in [3.63, 3.8) is 0 Å². The monoisotopic (exact) mass is 423 g/mol. The Bertz CT molecular complexity index is 812. The van der Waals surface area contributed by atoms with Gasteiger partial charge in [-0.2, -0.15) is 0 Å². The summed E-state index contributed by atoms with van der Waals surface area (Å²) in [4.78, 5) is 8.03. The molecule has 1 aromatic carbocycles. The first-order valence-electron chi connectivity index (χ1n) is 10.2. The number of nitrogens with one attached hydrogen (secondary N) is 1. The van der Waals surface area contributed by atoms with Crippen LogP contribution in [0.5, 0.6) is 0 Å². The lowest BCUT2D eigenvalue weighted by Crippen LogP contribution is -2.28. The molecule has 0 fully saturated rings. The first-order chi connectivity index (χ1) is 13.4. The molecular weight excluding hydrogens is 390 g/mol. The van der Waals surface area contributed by atoms with E-state index in [1.165, 1.54) is 6.42 Å². The average Bonchev–Trinajstić information content (AvgIpc) is 3.15. The second-order valence-electron chi connectivity index (χ2n) is 7.05. The van der Waals surface area contributed by atoms with Crippen LogP contribution in [0.3, 0.4) is 0 Å². The fraction of sp³-hybridized carbons (Fsp3) is 0.571. The molecule has 2 rings (SSSR count). The minimum atomic E-state index is -3.57. The maximum atomic E-state index is 12.9. The van der Waals surface area contributed by atoms with Crippen molar-refractivity contribution in [3.05, 3.63) is 40.9 Å². The highest BCUT2D eigenvalue weighted by Crippen LogP contribution is 2.31. The quantitative estimate of drug-likeness (QED) is 0.471. The molecule has 2 aromatic rings. The molecule has 156 valence electrons. The third-order valence-electron chi connectivity index (χ3n) is 4.86. The predicted molar refractivity (Wildman–Crippen MR) is 119 cm³/mol. The highest BCUT2D eigenvalue weighted by Gasteiger charge is 2.23. The summed E-state index contributed by atoms with van der Waals surface area (Å²) < 4.78 is 28.8. The molecular formula is C21H33N3O2S2. The zero-order valence-corrected chi connectivity index (χ0v) is 19.1. The zero-order valence-electron chi connectivity index (χ0n) is 17.4. The maximum Gasteiger partial charge on any atom is 0.241 e. The van der Waals surface area contributed by atoms with Crippen LogP contribution in [0.1, 0.15) is 69.4 Å². The standard InChI is InChI=1S/C21H33N3O2S2/c1-5-8-9-10-11-19(20-16-22-21(27-20)24(6-2)7-3)23-28(25,26)18-14-12-17(4)13-15-18/h12-16,19,23H,5-11H2,1-4H3/t19-/m1/s1. The predicted octanol–water partition coefficient (Wildman–Crippen LogP) is 5.29. The van der Waals surface area contributed by atoms with Gasteiger partial charge in [-0.1, -0.05) is 50.3 Å². The Kier molecular flexibility index (Phi) is 8.92. The minimum absolute atomic E-state index is 0.245. The number of aryl methyl sites for hydroxylation is 1. The highest BCUT2D eigenvalue weighted by molar-refractivity contribution is 7.89. The Hall–Kier alpha value is -1.44. The van der Waals surface area contributed by atoms with Gasteiger partial charge in [-0.3, -0.25) is 0 Å². The molecule has 0 amide bonds. The van der Waals surface area contributed by atoms with E-state index in [1.807, 2.05) is 25.3 Å². The van der Waals surface area contributed by atoms with Crippen molar-refractivity contribution in [1.29, 1.82) is 0 Å². The molecule has 0 unspecified atom stereocenters. The Morgan fingerprint density at radius 3 is 2.36 bits per heavy atom. The van der Waals surface area contributed by atoms with Crippen molar-refractivity contribution in [1.82, 2.24) is 9.71 Å². The third kappa shape index (κ3) is 6.29. The van der Waals surface area contributed by atoms with E-state index in [0.717, 1.165) is 54.3 Å². The number of thiazole rings is 1. The van der Waals surface area contributed by atoms with Crippen LogP contribution in [-0.2, 0) is 10.0 Å². The number of hydrogen-bond acceptors (Lipinski definition) is 5. The fourth-order valence-corrected chi connectivity index (χ4v) is 5.54. The maximum absolute atomic E-state index is 12.9. The summed E-state index contributed by atoms with van der Waals surface area (Å²) in [6.07, 6.45) is 7.05. The fourth-order valence-electron chi connectivity index (χ4n) is 3.09. The lowest BCUT2D eigenvalue weighted by atomic mass is 10.1. The van der Waals surface area contributed by atoms with Crippen molar-refractivity contribution in [2.45, 2.75) is 70.7 Å². The summed E-state index contributed by atoms with van der Waals surface area (Å²) in [5.41, 5.74) is 1.04. The van der Waals surface area contributed by atoms with E-state index in [1.54, 1.807) is 23.5 Å². The lowest BCUT2D eigenvalue weighted by molar-refractivity contribution is 0.517. The van der Waals surface area contributed by atoms with Crippen LogP contribution in [0.15, 0.2) is 35.4 Å². The Balaban J connectivity index is 2.22. The largest absolute Gasteiger partial charge is 0.349 e. The zero-order chi connectivity index (χ0) is 20.6. The Morgan fingerprint density at radius 1 is 1.07 bits per heavy atom. The first-order valence-corrected chi connectivity index (χ1v) is 12.5. The van der Waals surface area contributed by atoms with Gasteiger partial charge < -0.3 is 4.90 Å². The normalized spacial score (nSPS) is 12.9. The SMILES string of the molecule is CCCCCC[C@@H](NS(=O)(=O)c1ccc(C)cc1)c1cnc(N(CC)CC)s1. The van der Waals surface area contributed by atoms with E-state index in [9.17, 15) is 8.42 Å². The molecule has 0 saturated heterocycles. The molecule has 1 N–H and O–H groups in total. The number of aromatic nitrogens is 1. The van der Waals surface area contributed by atoms with Crippen molar-refractivity contribution >= 4 is 26.5 Å². The molecule has 0 spiro atoms. The summed E-state index contributed by atoms with van der Waals surface area (Å²) in [5, 5.41) is 0.952. The molecule has 0 aliphatic carbocycles. The van der Waals surface area contributed by atoms with Gasteiger partial charge in [0, 0.05) is 24.2 Å². The van der Waals surface area contributed by atoms with E-state index in [-0.39, 0.29) is 6.04 Å². The Morgan fingerprint density at radius 2 is 1.75 bits per heavy atom. The average molecular weight is 424 g/mol. The number of benzene rings is 1. The van der Waals surface area contributed by atoms with Gasteiger partial charge in [-0.25, -0.2) is 18.1 Å². The van der Waals surface area contributed by atoms with Crippen LogP contribution in [0, 0.1) is 6.92 Å². The Labute approximate surface area is 174 Å². The van der Waals surface area contributed by atoms with Crippen molar-refractivity contribution in [2.24, 2.45) is 0 Å². The van der Waals surface area contributed by atoms with Gasteiger partial charge in [0.2, 0.25) is 10.0 Å². The molecule has 1 atom stereocenters. The summed E-state index contributed by atoms with van der Waals surface area (Å²) in [6.45, 7) is 10.1. The van der Waals surface area contributed by atoms with Gasteiger partial charge >= 0.3 is 0 Å². The second kappa shape index (κ2) is 10.9. The molecule has 0 aliphatic heterocycles. The topological polar surface area (TPSA) is 62.3 Å². The molecule has 5 nitrogen and oxygen atoms in total. The molecule has 0 radical (unpaired) electrons. The molecule has 1 aromatic heterocycles. The van der Waals surface area contributed by atoms with Crippen LogP contribution < -0.4 is 9.62 Å². The summed E-state index contributed by atoms with van der Waals surface area (Å²) >= 11 is 1.59. The number of unbranched alkanes of at least 4 members (excludes halogenated alkanes) is 3. The highest BCUT2D eigenvalue weighted by atomic mass is 32.2. The molecule has 0 bridgehead atoms. The molecule has 0 aliphatic rings. The van der Waals surface area contributed by atoms with E-state index in [2.05, 4.69) is 35.4 Å². The van der Waals surface area contributed by atoms with E-state index in [0.29, 0.717) is 4.90 Å². The first kappa shape index (κ1) is 22.8. The van der Waals surface area contributed by atoms with Gasteiger partial charge in [-0.05, 0) is 39.3 Å². The third-order valence-corrected chi connectivity index (χ3v) is 7.52. The summed E-state index contributed by atoms with van der Waals surface area (Å²) in [5.74, 6) is 0. The number of hydrogen-bond donors (Lipinski definition) is 1. The number of sulfonamides is 1. The molecule has 1 heterocycles. The van der Waals surface area contributed by atoms with Crippen molar-refractivity contribution in [3.8, 4) is 0 Å². The van der Waals surface area contributed by atoms with Crippen LogP contribution in [0.2, 0.25) is 0 Å². The van der Waals surface area contributed by atoms with Gasteiger partial charge in [-0.15, -0.1) is 11.3 Å². The van der Waals surface area contributed by atoms with Gasteiger partial charge in [0.15, 0.2) is 5.13 Å². The van der Waals surface area contributed by atoms with Crippen molar-refractivity contribution < 1.29 is 8.42 Å². The lowest BCUT2D eigenvalue weighted by Gasteiger charge is -2.19. The van der Waals surface area contributed by atoms with Crippen LogP contribution in [0.25, 0.3) is 0 Å². The minimum Gasteiger partial charge on any atom is -0.349 e. The smallest absolute Gasteiger partial charge is 0.241 e. The summed E-state index contributed by atoms with van der Waals surface area (Å²) in [6, 6.07) is 6.75. The second-order valence-corrected chi connectivity index (χ2v) is 9.81. The number of rotatable bonds is 12. The van der Waals surface area contributed by atoms with E-state index >= 15 is 0 Å². The van der Waals surface area contributed by atoms with Gasteiger partial charge in [0.25, 0.3) is 0 Å². The van der Waals surface area contributed by atoms with Gasteiger partial charge in [0.05, 0.1) is 10.9 Å². The van der Waals surface area contributed by atoms with Gasteiger partial charge in [0.1, 0.15) is 0 Å². The van der Waals surface area contributed by atoms with E-state index < -0.39 is 10.0 Å². The number of anilines is 1. The van der Waals surface area contributed by atoms with Crippen molar-refractivity contribution in [2.75, 3.05) is 18.0 Å². The van der Waals surface area contributed by atoms with Crippen LogP contribution >= 0.6 is 11.3 Å². The van der Waals surface area contributed by atoms with E-state index in [4.69, 9.17) is 0 Å². The van der Waals surface area contributed by atoms with Crippen LogP contribution in [-0.4, -0.2) is 26.5 Å². The molecule has 0 saturated carbocycles. The molecule has 28 heavy (non-hydrogen) atoms. The van der Waals surface area contributed by atoms with Crippen LogP contribution in [0.4, 0.5) is 5.13 Å². The number of nitrogens with zero attached hydrogens (tertiary/aromatic N) is 2. The molecule has 7 heteroatoms. The summed E-state index contributed by atoms with van der Waals surface area (Å²) in [7, 11) is -3.57.